The van der Waals surface area contributed by atoms with Crippen molar-refractivity contribution in [2.45, 2.75) is 31.4 Å². The average Bonchev–Trinajstić information content (AvgIpc) is 3.32. The molecule has 6 nitrogen and oxygen atoms in total. The first-order valence-electron chi connectivity index (χ1n) is 9.80. The molecule has 0 aliphatic carbocycles. The molecule has 0 saturated carbocycles. The summed E-state index contributed by atoms with van der Waals surface area (Å²) >= 11 is 1.24. The highest BCUT2D eigenvalue weighted by molar-refractivity contribution is 7.10. The summed E-state index contributed by atoms with van der Waals surface area (Å²) in [7, 11) is 3.60. The van der Waals surface area contributed by atoms with Gasteiger partial charge in [0.2, 0.25) is 5.91 Å². The maximum atomic E-state index is 13.8. The fourth-order valence-electron chi connectivity index (χ4n) is 4.38. The minimum Gasteiger partial charge on any atom is -0.369 e. The Hall–Kier alpha value is -1.77. The lowest BCUT2D eigenvalue weighted by atomic mass is 9.85. The molecule has 4 heterocycles. The molecule has 0 radical (unpaired) electrons. The topological polar surface area (TPSA) is 50.6 Å². The largest absolute Gasteiger partial charge is 0.369 e. The van der Waals surface area contributed by atoms with Gasteiger partial charge in [-0.25, -0.2) is 0 Å². The zero-order valence-corrected chi connectivity index (χ0v) is 17.3. The second kappa shape index (κ2) is 7.93. The van der Waals surface area contributed by atoms with Crippen molar-refractivity contribution in [3.8, 4) is 0 Å². The van der Waals surface area contributed by atoms with Crippen LogP contribution >= 0.6 is 11.3 Å². The lowest BCUT2D eigenvalue weighted by Gasteiger charge is -2.44. The van der Waals surface area contributed by atoms with E-state index in [1.165, 1.54) is 11.3 Å². The minimum absolute atomic E-state index is 0.117. The van der Waals surface area contributed by atoms with E-state index in [-0.39, 0.29) is 22.6 Å². The van der Waals surface area contributed by atoms with Gasteiger partial charge in [-0.05, 0) is 37.0 Å². The zero-order valence-electron chi connectivity index (χ0n) is 16.4. The van der Waals surface area contributed by atoms with Crippen molar-refractivity contribution in [2.75, 3.05) is 40.3 Å². The van der Waals surface area contributed by atoms with E-state index in [4.69, 9.17) is 4.74 Å². The molecule has 0 unspecified atom stereocenters. The summed E-state index contributed by atoms with van der Waals surface area (Å²) in [5.41, 5.74) is 0.767. The van der Waals surface area contributed by atoms with E-state index in [0.717, 1.165) is 42.8 Å². The summed E-state index contributed by atoms with van der Waals surface area (Å²) in [6, 6.07) is 3.55. The first-order valence-corrected chi connectivity index (χ1v) is 10.6. The van der Waals surface area contributed by atoms with E-state index in [9.17, 15) is 9.18 Å². The Morgan fingerprint density at radius 2 is 2.18 bits per heavy atom. The number of ether oxygens (including phenoxy) is 1. The van der Waals surface area contributed by atoms with E-state index in [0.29, 0.717) is 19.7 Å². The van der Waals surface area contributed by atoms with Crippen LogP contribution in [-0.4, -0.2) is 65.8 Å². The molecule has 8 heteroatoms. The molecule has 28 heavy (non-hydrogen) atoms. The van der Waals surface area contributed by atoms with Gasteiger partial charge in [0.1, 0.15) is 5.60 Å². The van der Waals surface area contributed by atoms with Crippen LogP contribution in [0.2, 0.25) is 0 Å². The standard InChI is InChI=1S/C20H27FN4O2S/c1-23(2)19(26)16(14-25-8-3-7-22-25)13-24-9-5-20(6-10-24)18-15(4-11-27-20)12-17(21)28-18/h3,7-8,12,16H,4-6,9-11,13-14H2,1-2H3/t16-/m1/s1. The van der Waals surface area contributed by atoms with Crippen LogP contribution in [0.4, 0.5) is 4.39 Å². The first-order chi connectivity index (χ1) is 13.5. The van der Waals surface area contributed by atoms with Crippen molar-refractivity contribution in [3.05, 3.63) is 40.1 Å². The molecule has 4 rings (SSSR count). The van der Waals surface area contributed by atoms with Crippen molar-refractivity contribution < 1.29 is 13.9 Å². The lowest BCUT2D eigenvalue weighted by molar-refractivity contribution is -0.135. The lowest BCUT2D eigenvalue weighted by Crippen LogP contribution is -2.49. The summed E-state index contributed by atoms with van der Waals surface area (Å²) in [5, 5.41) is 4.14. The van der Waals surface area contributed by atoms with E-state index in [1.807, 2.05) is 16.9 Å². The summed E-state index contributed by atoms with van der Waals surface area (Å²) < 4.78 is 21.8. The van der Waals surface area contributed by atoms with Crippen LogP contribution < -0.4 is 0 Å². The molecule has 0 bridgehead atoms. The van der Waals surface area contributed by atoms with Crippen LogP contribution in [0.3, 0.4) is 0 Å². The fraction of sp³-hybridized carbons (Fsp3) is 0.600. The third-order valence-corrected chi connectivity index (χ3v) is 6.99. The third-order valence-electron chi connectivity index (χ3n) is 5.84. The normalized spacial score (nSPS) is 20.1. The Labute approximate surface area is 168 Å². The number of carbonyl (C=O) groups is 1. The number of hydrogen-bond donors (Lipinski definition) is 0. The van der Waals surface area contributed by atoms with Crippen molar-refractivity contribution >= 4 is 17.2 Å². The molecule has 1 saturated heterocycles. The summed E-state index contributed by atoms with van der Waals surface area (Å²) in [6.45, 7) is 3.61. The van der Waals surface area contributed by atoms with E-state index in [1.54, 1.807) is 31.3 Å². The van der Waals surface area contributed by atoms with Gasteiger partial charge < -0.3 is 14.5 Å². The van der Waals surface area contributed by atoms with Crippen LogP contribution in [0.25, 0.3) is 0 Å². The highest BCUT2D eigenvalue weighted by atomic mass is 32.1. The number of rotatable bonds is 5. The van der Waals surface area contributed by atoms with Gasteiger partial charge in [0, 0.05) is 51.0 Å². The molecule has 1 fully saturated rings. The monoisotopic (exact) mass is 406 g/mol. The number of fused-ring (bicyclic) bond motifs is 2. The second-order valence-corrected chi connectivity index (χ2v) is 8.96. The smallest absolute Gasteiger partial charge is 0.228 e. The van der Waals surface area contributed by atoms with E-state index in [2.05, 4.69) is 10.00 Å². The Bertz CT molecular complexity index is 812. The molecule has 2 aromatic heterocycles. The number of thiophene rings is 1. The number of halogens is 1. The van der Waals surface area contributed by atoms with Crippen LogP contribution in [0.5, 0.6) is 0 Å². The molecule has 1 spiro atoms. The average molecular weight is 407 g/mol. The van der Waals surface area contributed by atoms with Crippen LogP contribution in [-0.2, 0) is 28.1 Å². The van der Waals surface area contributed by atoms with Gasteiger partial charge in [-0.15, -0.1) is 11.3 Å². The summed E-state index contributed by atoms with van der Waals surface area (Å²) in [5.74, 6) is -0.0294. The molecule has 152 valence electrons. The molecule has 2 aliphatic heterocycles. The Morgan fingerprint density at radius 1 is 1.39 bits per heavy atom. The molecule has 2 aromatic rings. The number of nitrogens with zero attached hydrogens (tertiary/aromatic N) is 4. The first kappa shape index (κ1) is 19.5. The summed E-state index contributed by atoms with van der Waals surface area (Å²) in [6.07, 6.45) is 6.10. The van der Waals surface area contributed by atoms with Crippen LogP contribution in [0, 0.1) is 11.0 Å². The SMILES string of the molecule is CN(C)C(=O)[C@H](CN1CCC2(CC1)OCCc1cc(F)sc12)Cn1cccn1. The maximum absolute atomic E-state index is 13.8. The highest BCUT2D eigenvalue weighted by Gasteiger charge is 2.43. The van der Waals surface area contributed by atoms with E-state index < -0.39 is 0 Å². The van der Waals surface area contributed by atoms with Crippen molar-refractivity contribution in [2.24, 2.45) is 5.92 Å². The fourth-order valence-corrected chi connectivity index (χ4v) is 5.52. The number of carbonyl (C=O) groups excluding carboxylic acids is 1. The van der Waals surface area contributed by atoms with E-state index >= 15 is 0 Å². The highest BCUT2D eigenvalue weighted by Crippen LogP contribution is 2.45. The van der Waals surface area contributed by atoms with Crippen molar-refractivity contribution in [1.82, 2.24) is 19.6 Å². The van der Waals surface area contributed by atoms with Gasteiger partial charge in [0.05, 0.1) is 19.1 Å². The Morgan fingerprint density at radius 3 is 2.86 bits per heavy atom. The third kappa shape index (κ3) is 3.86. The van der Waals surface area contributed by atoms with Gasteiger partial charge in [-0.2, -0.15) is 9.49 Å². The van der Waals surface area contributed by atoms with Gasteiger partial charge in [0.25, 0.3) is 0 Å². The zero-order chi connectivity index (χ0) is 19.7. The molecule has 0 N–H and O–H groups in total. The molecule has 1 amide bonds. The Kier molecular flexibility index (Phi) is 5.53. The van der Waals surface area contributed by atoms with Crippen molar-refractivity contribution in [3.63, 3.8) is 0 Å². The predicted molar refractivity (Wildman–Crippen MR) is 106 cm³/mol. The molecular weight excluding hydrogens is 379 g/mol. The van der Waals surface area contributed by atoms with Gasteiger partial charge >= 0.3 is 0 Å². The van der Waals surface area contributed by atoms with Crippen LogP contribution in [0.15, 0.2) is 24.5 Å². The Balaban J connectivity index is 1.43. The number of likely N-dealkylation sites (tertiary alicyclic amines) is 1. The molecular formula is C20H27FN4O2S. The number of piperidine rings is 1. The minimum atomic E-state index is -0.345. The quantitative estimate of drug-likeness (QED) is 0.765. The maximum Gasteiger partial charge on any atom is 0.228 e. The van der Waals surface area contributed by atoms with Gasteiger partial charge in [-0.3, -0.25) is 9.48 Å². The molecule has 2 aliphatic rings. The second-order valence-electron chi connectivity index (χ2n) is 7.96. The van der Waals surface area contributed by atoms with Crippen LogP contribution in [0.1, 0.15) is 23.3 Å². The molecule has 1 atom stereocenters. The molecule has 0 aromatic carbocycles. The van der Waals surface area contributed by atoms with Gasteiger partial charge in [-0.1, -0.05) is 0 Å². The number of hydrogen-bond acceptors (Lipinski definition) is 5. The number of aromatic nitrogens is 2. The predicted octanol–water partition coefficient (Wildman–Crippen LogP) is 2.35. The van der Waals surface area contributed by atoms with Gasteiger partial charge in [0.15, 0.2) is 5.13 Å². The number of amides is 1. The van der Waals surface area contributed by atoms with Crippen molar-refractivity contribution in [1.29, 1.82) is 0 Å². The summed E-state index contributed by atoms with van der Waals surface area (Å²) in [4.78, 5) is 17.8.